The number of benzene rings is 1. The van der Waals surface area contributed by atoms with Gasteiger partial charge in [0.05, 0.1) is 12.4 Å². The lowest BCUT2D eigenvalue weighted by Crippen LogP contribution is -1.79. The molecule has 3 aromatic rings. The van der Waals surface area contributed by atoms with Gasteiger partial charge in [-0.15, -0.1) is 0 Å². The fourth-order valence-corrected chi connectivity index (χ4v) is 1.76. The number of aromatic amines is 2. The van der Waals surface area contributed by atoms with Crippen molar-refractivity contribution in [3.8, 4) is 28.0 Å². The summed E-state index contributed by atoms with van der Waals surface area (Å²) >= 11 is 0. The van der Waals surface area contributed by atoms with Crippen LogP contribution in [0.1, 0.15) is 0 Å². The fraction of sp³-hybridized carbons (Fsp3) is 0. The third-order valence-corrected chi connectivity index (χ3v) is 2.64. The molecule has 0 aliphatic carbocycles. The average molecular weight is 226 g/mol. The van der Waals surface area contributed by atoms with E-state index >= 15 is 0 Å². The van der Waals surface area contributed by atoms with Gasteiger partial charge in [-0.05, 0) is 17.7 Å². The zero-order chi connectivity index (χ0) is 11.7. The van der Waals surface area contributed by atoms with Crippen LogP contribution in [0.25, 0.3) is 22.3 Å². The molecule has 0 aliphatic heterocycles. The molecule has 17 heavy (non-hydrogen) atoms. The van der Waals surface area contributed by atoms with E-state index < -0.39 is 0 Å². The lowest BCUT2D eigenvalue weighted by Gasteiger charge is -2.04. The van der Waals surface area contributed by atoms with Crippen molar-refractivity contribution in [2.24, 2.45) is 0 Å². The van der Waals surface area contributed by atoms with Gasteiger partial charge in [-0.25, -0.2) is 0 Å². The fourth-order valence-electron chi connectivity index (χ4n) is 1.76. The first-order valence-electron chi connectivity index (χ1n) is 5.16. The Morgan fingerprint density at radius 2 is 1.59 bits per heavy atom. The third-order valence-electron chi connectivity index (χ3n) is 2.64. The maximum atomic E-state index is 9.99. The van der Waals surface area contributed by atoms with Crippen LogP contribution in [0.15, 0.2) is 43.0 Å². The summed E-state index contributed by atoms with van der Waals surface area (Å²) in [6.45, 7) is 0. The van der Waals surface area contributed by atoms with E-state index in [-0.39, 0.29) is 5.75 Å². The van der Waals surface area contributed by atoms with E-state index in [4.69, 9.17) is 0 Å². The van der Waals surface area contributed by atoms with Gasteiger partial charge in [0.25, 0.3) is 0 Å². The van der Waals surface area contributed by atoms with Gasteiger partial charge in [0, 0.05) is 29.1 Å². The van der Waals surface area contributed by atoms with Crippen LogP contribution in [0.5, 0.6) is 5.75 Å². The van der Waals surface area contributed by atoms with Crippen molar-refractivity contribution in [3.05, 3.63) is 43.0 Å². The van der Waals surface area contributed by atoms with Crippen LogP contribution >= 0.6 is 0 Å². The molecule has 5 nitrogen and oxygen atoms in total. The molecule has 1 aromatic carbocycles. The second-order valence-corrected chi connectivity index (χ2v) is 3.71. The van der Waals surface area contributed by atoms with E-state index in [1.807, 2.05) is 12.1 Å². The smallest absolute Gasteiger partial charge is 0.124 e. The van der Waals surface area contributed by atoms with E-state index in [0.29, 0.717) is 0 Å². The van der Waals surface area contributed by atoms with E-state index in [2.05, 4.69) is 20.4 Å². The highest BCUT2D eigenvalue weighted by atomic mass is 16.3. The molecule has 0 atom stereocenters. The lowest BCUT2D eigenvalue weighted by molar-refractivity contribution is 0.477. The maximum absolute atomic E-state index is 9.99. The quantitative estimate of drug-likeness (QED) is 0.626. The van der Waals surface area contributed by atoms with E-state index in [0.717, 1.165) is 22.3 Å². The van der Waals surface area contributed by atoms with Crippen molar-refractivity contribution in [1.29, 1.82) is 0 Å². The van der Waals surface area contributed by atoms with Crippen molar-refractivity contribution >= 4 is 0 Å². The summed E-state index contributed by atoms with van der Waals surface area (Å²) in [5.41, 5.74) is 3.48. The van der Waals surface area contributed by atoms with Gasteiger partial charge in [0.2, 0.25) is 0 Å². The molecule has 0 aliphatic rings. The van der Waals surface area contributed by atoms with E-state index in [9.17, 15) is 5.11 Å². The van der Waals surface area contributed by atoms with E-state index in [1.165, 1.54) is 0 Å². The molecule has 84 valence electrons. The van der Waals surface area contributed by atoms with Crippen LogP contribution in [0.4, 0.5) is 0 Å². The topological polar surface area (TPSA) is 77.6 Å². The molecule has 0 spiro atoms. The summed E-state index contributed by atoms with van der Waals surface area (Å²) in [6.07, 6.45) is 6.91. The third kappa shape index (κ3) is 1.67. The van der Waals surface area contributed by atoms with Crippen LogP contribution in [-0.4, -0.2) is 25.5 Å². The number of nitrogens with one attached hydrogen (secondary N) is 2. The normalized spacial score (nSPS) is 10.6. The predicted molar refractivity (Wildman–Crippen MR) is 63.3 cm³/mol. The summed E-state index contributed by atoms with van der Waals surface area (Å²) in [7, 11) is 0. The van der Waals surface area contributed by atoms with Crippen LogP contribution in [0, 0.1) is 0 Å². The molecule has 0 saturated heterocycles. The highest BCUT2D eigenvalue weighted by Crippen LogP contribution is 2.32. The number of phenolic OH excluding ortho intramolecular Hbond substituents is 1. The number of rotatable bonds is 2. The first kappa shape index (κ1) is 9.65. The summed E-state index contributed by atoms with van der Waals surface area (Å²) in [6, 6.07) is 5.52. The molecule has 3 rings (SSSR count). The zero-order valence-corrected chi connectivity index (χ0v) is 8.88. The summed E-state index contributed by atoms with van der Waals surface area (Å²) < 4.78 is 0. The second kappa shape index (κ2) is 3.79. The molecule has 2 aromatic heterocycles. The number of hydrogen-bond acceptors (Lipinski definition) is 3. The zero-order valence-electron chi connectivity index (χ0n) is 8.88. The largest absolute Gasteiger partial charge is 0.507 e. The van der Waals surface area contributed by atoms with E-state index in [1.54, 1.807) is 30.9 Å². The van der Waals surface area contributed by atoms with Crippen LogP contribution in [0.3, 0.4) is 0 Å². The molecule has 3 N–H and O–H groups in total. The predicted octanol–water partition coefficient (Wildman–Crippen LogP) is 2.17. The standard InChI is InChI=1S/C12H10N4O/c17-12-3-8(9-4-13-14-5-9)1-2-11(12)10-6-15-16-7-10/h1-7,17H,(H,13,14)(H,15,16). The van der Waals surface area contributed by atoms with Crippen LogP contribution in [0.2, 0.25) is 0 Å². The van der Waals surface area contributed by atoms with Crippen molar-refractivity contribution in [2.45, 2.75) is 0 Å². The minimum atomic E-state index is 0.227. The Kier molecular flexibility index (Phi) is 2.15. The lowest BCUT2D eigenvalue weighted by atomic mass is 10.0. The number of nitrogens with zero attached hydrogens (tertiary/aromatic N) is 2. The summed E-state index contributed by atoms with van der Waals surface area (Å²) in [5.74, 6) is 0.227. The van der Waals surface area contributed by atoms with Gasteiger partial charge in [-0.1, -0.05) is 6.07 Å². The highest BCUT2D eigenvalue weighted by molar-refractivity contribution is 5.74. The monoisotopic (exact) mass is 226 g/mol. The molecule has 0 fully saturated rings. The molecule has 0 bridgehead atoms. The highest BCUT2D eigenvalue weighted by Gasteiger charge is 2.07. The number of phenols is 1. The minimum absolute atomic E-state index is 0.227. The van der Waals surface area contributed by atoms with Gasteiger partial charge in [0.15, 0.2) is 0 Å². The molecule has 5 heteroatoms. The molecule has 2 heterocycles. The Labute approximate surface area is 97.1 Å². The first-order valence-corrected chi connectivity index (χ1v) is 5.16. The first-order chi connectivity index (χ1) is 8.34. The Balaban J connectivity index is 2.06. The summed E-state index contributed by atoms with van der Waals surface area (Å²) in [4.78, 5) is 0. The number of hydrogen-bond donors (Lipinski definition) is 3. The minimum Gasteiger partial charge on any atom is -0.507 e. The van der Waals surface area contributed by atoms with Crippen LogP contribution in [-0.2, 0) is 0 Å². The molecular formula is C12H10N4O. The Morgan fingerprint density at radius 1 is 0.882 bits per heavy atom. The van der Waals surface area contributed by atoms with Gasteiger partial charge < -0.3 is 5.11 Å². The molecule has 0 unspecified atom stereocenters. The Bertz CT molecular complexity index is 614. The summed E-state index contributed by atoms with van der Waals surface area (Å²) in [5, 5.41) is 23.2. The second-order valence-electron chi connectivity index (χ2n) is 3.71. The van der Waals surface area contributed by atoms with Crippen molar-refractivity contribution < 1.29 is 5.11 Å². The van der Waals surface area contributed by atoms with Gasteiger partial charge >= 0.3 is 0 Å². The van der Waals surface area contributed by atoms with Gasteiger partial charge in [-0.2, -0.15) is 10.2 Å². The molecular weight excluding hydrogens is 216 g/mol. The number of aromatic nitrogens is 4. The van der Waals surface area contributed by atoms with Gasteiger partial charge in [0.1, 0.15) is 5.75 Å². The number of aromatic hydroxyl groups is 1. The SMILES string of the molecule is Oc1cc(-c2cn[nH]c2)ccc1-c1cn[nH]c1. The van der Waals surface area contributed by atoms with Gasteiger partial charge in [-0.3, -0.25) is 10.2 Å². The van der Waals surface area contributed by atoms with Crippen molar-refractivity contribution in [1.82, 2.24) is 20.4 Å². The number of H-pyrrole nitrogens is 2. The molecule has 0 amide bonds. The maximum Gasteiger partial charge on any atom is 0.124 e. The van der Waals surface area contributed by atoms with Crippen LogP contribution < -0.4 is 0 Å². The molecule has 0 radical (unpaired) electrons. The average Bonchev–Trinajstić information content (AvgIpc) is 3.02. The Hall–Kier alpha value is -2.56. The van der Waals surface area contributed by atoms with Crippen molar-refractivity contribution in [3.63, 3.8) is 0 Å². The van der Waals surface area contributed by atoms with Crippen molar-refractivity contribution in [2.75, 3.05) is 0 Å². The molecule has 0 saturated carbocycles. The Morgan fingerprint density at radius 3 is 2.18 bits per heavy atom.